The summed E-state index contributed by atoms with van der Waals surface area (Å²) >= 11 is 0. The first-order chi connectivity index (χ1) is 25.7. The molecule has 0 amide bonds. The zero-order valence-electron chi connectivity index (χ0n) is 28.7. The highest BCUT2D eigenvalue weighted by molar-refractivity contribution is 6.13. The Balaban J connectivity index is 1.11. The molecule has 0 atom stereocenters. The van der Waals surface area contributed by atoms with Gasteiger partial charge in [-0.2, -0.15) is 0 Å². The van der Waals surface area contributed by atoms with Crippen LogP contribution in [0.15, 0.2) is 182 Å². The number of hydrogen-bond donors (Lipinski definition) is 0. The van der Waals surface area contributed by atoms with Crippen molar-refractivity contribution in [3.05, 3.63) is 182 Å². The number of hydrogen-bond acceptors (Lipinski definition) is 0. The number of nitrogens with zero attached hydrogens (tertiary/aromatic N) is 3. The average Bonchev–Trinajstić information content (AvgIpc) is 3.82. The van der Waals surface area contributed by atoms with E-state index in [9.17, 15) is 0 Å². The largest absolute Gasteiger partial charge is 0.344 e. The van der Waals surface area contributed by atoms with Gasteiger partial charge in [0.2, 0.25) is 0 Å². The fourth-order valence-electron chi connectivity index (χ4n) is 8.58. The fraction of sp³-hybridized carbons (Fsp3) is 0.0204. The summed E-state index contributed by atoms with van der Waals surface area (Å²) in [5, 5.41) is 7.61. The van der Waals surface area contributed by atoms with Crippen molar-refractivity contribution >= 4 is 65.4 Å². The molecule has 0 bridgehead atoms. The number of para-hydroxylation sites is 4. The molecule has 0 spiro atoms. The van der Waals surface area contributed by atoms with Crippen LogP contribution < -0.4 is 0 Å². The van der Waals surface area contributed by atoms with Gasteiger partial charge in [0, 0.05) is 61.8 Å². The Kier molecular flexibility index (Phi) is 6.17. The summed E-state index contributed by atoms with van der Waals surface area (Å²) in [6.07, 6.45) is 0. The fourth-order valence-corrected chi connectivity index (χ4v) is 8.58. The van der Waals surface area contributed by atoms with Gasteiger partial charge in [0.1, 0.15) is 0 Å². The van der Waals surface area contributed by atoms with Gasteiger partial charge in [0.05, 0.1) is 22.1 Å². The van der Waals surface area contributed by atoms with Crippen LogP contribution in [0.1, 0.15) is 0 Å². The number of benzene rings is 8. The predicted octanol–water partition coefficient (Wildman–Crippen LogP) is 12.9. The van der Waals surface area contributed by atoms with E-state index in [0.29, 0.717) is 0 Å². The minimum Gasteiger partial charge on any atom is -0.344 e. The van der Waals surface area contributed by atoms with Crippen LogP contribution in [0.25, 0.3) is 99.0 Å². The van der Waals surface area contributed by atoms with Gasteiger partial charge in [0.25, 0.3) is 0 Å². The van der Waals surface area contributed by atoms with Gasteiger partial charge in [-0.25, -0.2) is 0 Å². The molecule has 3 heteroatoms. The number of fused-ring (bicyclic) bond motifs is 9. The van der Waals surface area contributed by atoms with E-state index in [-0.39, 0.29) is 0 Å². The van der Waals surface area contributed by atoms with E-state index < -0.39 is 0 Å². The van der Waals surface area contributed by atoms with Crippen LogP contribution in [0, 0.1) is 0 Å². The van der Waals surface area contributed by atoms with Crippen LogP contribution >= 0.6 is 0 Å². The molecule has 0 saturated carbocycles. The van der Waals surface area contributed by atoms with Gasteiger partial charge in [0.15, 0.2) is 0 Å². The molecular weight excluding hydrogens is 631 g/mol. The van der Waals surface area contributed by atoms with E-state index in [1.807, 2.05) is 0 Å². The van der Waals surface area contributed by atoms with Gasteiger partial charge in [-0.1, -0.05) is 115 Å². The van der Waals surface area contributed by atoms with E-state index in [0.717, 1.165) is 5.69 Å². The zero-order chi connectivity index (χ0) is 34.3. The molecule has 11 rings (SSSR count). The van der Waals surface area contributed by atoms with Gasteiger partial charge < -0.3 is 13.7 Å². The lowest BCUT2D eigenvalue weighted by Crippen LogP contribution is -1.94. The molecule has 0 N–H and O–H groups in total. The first-order valence-corrected chi connectivity index (χ1v) is 17.9. The summed E-state index contributed by atoms with van der Waals surface area (Å²) in [6, 6.07) is 66.6. The van der Waals surface area contributed by atoms with Crippen molar-refractivity contribution < 1.29 is 0 Å². The number of rotatable bonds is 4. The lowest BCUT2D eigenvalue weighted by molar-refractivity contribution is 1.01. The maximum atomic E-state index is 2.42. The van der Waals surface area contributed by atoms with Crippen LogP contribution in [0.5, 0.6) is 0 Å². The second-order valence-corrected chi connectivity index (χ2v) is 13.9. The molecule has 0 aliphatic rings. The highest BCUT2D eigenvalue weighted by Gasteiger charge is 2.17. The number of aromatic nitrogens is 3. The molecule has 0 aliphatic carbocycles. The predicted molar refractivity (Wildman–Crippen MR) is 220 cm³/mol. The monoisotopic (exact) mass is 663 g/mol. The van der Waals surface area contributed by atoms with Crippen molar-refractivity contribution in [1.82, 2.24) is 13.7 Å². The zero-order valence-corrected chi connectivity index (χ0v) is 28.7. The van der Waals surface area contributed by atoms with Crippen LogP contribution in [0.4, 0.5) is 0 Å². The Morgan fingerprint density at radius 2 is 0.654 bits per heavy atom. The molecule has 52 heavy (non-hydrogen) atoms. The van der Waals surface area contributed by atoms with E-state index in [4.69, 9.17) is 0 Å². The molecule has 0 saturated heterocycles. The first-order valence-electron chi connectivity index (χ1n) is 17.9. The number of aryl methyl sites for hydroxylation is 1. The van der Waals surface area contributed by atoms with Crippen LogP contribution in [0.2, 0.25) is 0 Å². The lowest BCUT2D eigenvalue weighted by atomic mass is 9.99. The van der Waals surface area contributed by atoms with E-state index in [1.165, 1.54) is 93.4 Å². The minimum atomic E-state index is 1.16. The van der Waals surface area contributed by atoms with Crippen molar-refractivity contribution in [2.45, 2.75) is 0 Å². The molecule has 3 aromatic heterocycles. The first kappa shape index (κ1) is 28.9. The van der Waals surface area contributed by atoms with Crippen molar-refractivity contribution in [1.29, 1.82) is 0 Å². The lowest BCUT2D eigenvalue weighted by Gasteiger charge is -2.10. The molecule has 0 fully saturated rings. The summed E-state index contributed by atoms with van der Waals surface area (Å²) in [5.41, 5.74) is 14.5. The topological polar surface area (TPSA) is 14.8 Å². The molecule has 0 unspecified atom stereocenters. The summed E-state index contributed by atoms with van der Waals surface area (Å²) in [6.45, 7) is 0. The summed E-state index contributed by atoms with van der Waals surface area (Å²) in [7, 11) is 2.17. The Bertz CT molecular complexity index is 3180. The third-order valence-corrected chi connectivity index (χ3v) is 11.1. The Morgan fingerprint density at radius 1 is 0.269 bits per heavy atom. The second kappa shape index (κ2) is 11.1. The Hall–Kier alpha value is -6.84. The van der Waals surface area contributed by atoms with E-state index in [2.05, 4.69) is 203 Å². The third kappa shape index (κ3) is 4.20. The smallest absolute Gasteiger partial charge is 0.0547 e. The van der Waals surface area contributed by atoms with Crippen LogP contribution in [-0.4, -0.2) is 13.7 Å². The quantitative estimate of drug-likeness (QED) is 0.178. The highest BCUT2D eigenvalue weighted by atomic mass is 15.0. The SMILES string of the molecule is Cn1c2ccccc2c2ccc(-c3ccc4c(c3)c3ccc(-c5ccc6c7ccccc7n(-c7ccccc7)c6c5)cc3n4-c3ccccc3)cc21. The summed E-state index contributed by atoms with van der Waals surface area (Å²) < 4.78 is 7.13. The Labute approximate surface area is 300 Å². The third-order valence-electron chi connectivity index (χ3n) is 11.1. The van der Waals surface area contributed by atoms with E-state index >= 15 is 0 Å². The molecule has 3 nitrogen and oxygen atoms in total. The van der Waals surface area contributed by atoms with Gasteiger partial charge >= 0.3 is 0 Å². The van der Waals surface area contributed by atoms with Crippen LogP contribution in [0.3, 0.4) is 0 Å². The molecular formula is C49H33N3. The summed E-state index contributed by atoms with van der Waals surface area (Å²) in [4.78, 5) is 0. The minimum absolute atomic E-state index is 1.16. The molecule has 244 valence electrons. The molecule has 8 aromatic carbocycles. The molecule has 0 radical (unpaired) electrons. The van der Waals surface area contributed by atoms with Crippen molar-refractivity contribution in [2.75, 3.05) is 0 Å². The van der Waals surface area contributed by atoms with Gasteiger partial charge in [-0.15, -0.1) is 0 Å². The Morgan fingerprint density at radius 3 is 1.25 bits per heavy atom. The van der Waals surface area contributed by atoms with Gasteiger partial charge in [-0.05, 0) is 89.0 Å². The summed E-state index contributed by atoms with van der Waals surface area (Å²) in [5.74, 6) is 0. The van der Waals surface area contributed by atoms with Crippen molar-refractivity contribution in [3.8, 4) is 33.6 Å². The molecule has 11 aromatic rings. The maximum Gasteiger partial charge on any atom is 0.0547 e. The van der Waals surface area contributed by atoms with Crippen molar-refractivity contribution in [2.24, 2.45) is 7.05 Å². The molecule has 0 aliphatic heterocycles. The second-order valence-electron chi connectivity index (χ2n) is 13.9. The van der Waals surface area contributed by atoms with Crippen molar-refractivity contribution in [3.63, 3.8) is 0 Å². The normalized spacial score (nSPS) is 11.9. The van der Waals surface area contributed by atoms with E-state index in [1.54, 1.807) is 0 Å². The van der Waals surface area contributed by atoms with Crippen LogP contribution in [-0.2, 0) is 7.05 Å². The highest BCUT2D eigenvalue weighted by Crippen LogP contribution is 2.40. The molecule has 3 heterocycles. The average molecular weight is 664 g/mol. The standard InChI is InChI=1S/C49H33N3/c1-50-44-18-10-8-16-38(44)40-24-20-33(29-47(40)50)32-23-27-46-43(28-32)42-26-22-35(31-49(42)52(46)37-14-6-3-7-15-37)34-21-25-41-39-17-9-11-19-45(39)51(48(41)30-34)36-12-4-2-5-13-36/h2-31H,1H3. The maximum absolute atomic E-state index is 2.42. The van der Waals surface area contributed by atoms with Gasteiger partial charge in [-0.3, -0.25) is 0 Å².